The molecule has 0 bridgehead atoms. The molecule has 0 amide bonds. The lowest BCUT2D eigenvalue weighted by molar-refractivity contribution is -0.138. The standard InChI is InChI=1S/C14H17ClO3/c1-2-10-7-11(3-4-12(10)15)18-9-14(5-6-14)8-13(16)17/h3-4,7H,2,5-6,8-9H2,1H3,(H,16,17). The van der Waals surface area contributed by atoms with Gasteiger partial charge in [0.05, 0.1) is 13.0 Å². The molecule has 18 heavy (non-hydrogen) atoms. The maximum absolute atomic E-state index is 10.7. The van der Waals surface area contributed by atoms with Gasteiger partial charge in [-0.3, -0.25) is 4.79 Å². The number of aryl methyl sites for hydroxylation is 1. The van der Waals surface area contributed by atoms with Crippen LogP contribution in [0.1, 0.15) is 31.7 Å². The molecule has 1 fully saturated rings. The maximum Gasteiger partial charge on any atom is 0.304 e. The van der Waals surface area contributed by atoms with E-state index in [9.17, 15) is 4.79 Å². The molecule has 1 aliphatic carbocycles. The molecule has 4 heteroatoms. The van der Waals surface area contributed by atoms with E-state index in [4.69, 9.17) is 21.4 Å². The molecular formula is C14H17ClO3. The zero-order valence-electron chi connectivity index (χ0n) is 10.4. The number of carboxylic acid groups (broad SMARTS) is 1. The summed E-state index contributed by atoms with van der Waals surface area (Å²) in [5.74, 6) is 0.0226. The Labute approximate surface area is 112 Å². The second kappa shape index (κ2) is 5.19. The smallest absolute Gasteiger partial charge is 0.304 e. The molecule has 1 N–H and O–H groups in total. The van der Waals surface area contributed by atoms with Crippen molar-refractivity contribution in [1.82, 2.24) is 0 Å². The summed E-state index contributed by atoms with van der Waals surface area (Å²) in [4.78, 5) is 10.7. The molecule has 98 valence electrons. The first-order valence-corrected chi connectivity index (χ1v) is 6.55. The average molecular weight is 269 g/mol. The zero-order valence-corrected chi connectivity index (χ0v) is 11.2. The van der Waals surface area contributed by atoms with E-state index >= 15 is 0 Å². The van der Waals surface area contributed by atoms with Gasteiger partial charge in [-0.05, 0) is 43.0 Å². The van der Waals surface area contributed by atoms with Crippen molar-refractivity contribution < 1.29 is 14.6 Å². The van der Waals surface area contributed by atoms with Crippen LogP contribution in [0.3, 0.4) is 0 Å². The van der Waals surface area contributed by atoms with E-state index in [-0.39, 0.29) is 11.8 Å². The van der Waals surface area contributed by atoms with Crippen molar-refractivity contribution in [1.29, 1.82) is 0 Å². The summed E-state index contributed by atoms with van der Waals surface area (Å²) >= 11 is 6.03. The van der Waals surface area contributed by atoms with Crippen LogP contribution in [-0.2, 0) is 11.2 Å². The third-order valence-electron chi connectivity index (χ3n) is 3.43. The molecule has 0 heterocycles. The second-order valence-corrected chi connectivity index (χ2v) is 5.37. The first-order chi connectivity index (χ1) is 8.54. The number of halogens is 1. The highest BCUT2D eigenvalue weighted by molar-refractivity contribution is 6.31. The Morgan fingerprint density at radius 1 is 1.50 bits per heavy atom. The van der Waals surface area contributed by atoms with E-state index in [1.807, 2.05) is 25.1 Å². The van der Waals surface area contributed by atoms with Crippen molar-refractivity contribution in [3.05, 3.63) is 28.8 Å². The predicted molar refractivity (Wildman–Crippen MR) is 70.2 cm³/mol. The fourth-order valence-corrected chi connectivity index (χ4v) is 2.27. The lowest BCUT2D eigenvalue weighted by atomic mass is 10.0. The Balaban J connectivity index is 1.96. The van der Waals surface area contributed by atoms with Gasteiger partial charge in [-0.1, -0.05) is 18.5 Å². The van der Waals surface area contributed by atoms with Gasteiger partial charge in [0.2, 0.25) is 0 Å². The Kier molecular flexibility index (Phi) is 3.81. The number of hydrogen-bond acceptors (Lipinski definition) is 2. The van der Waals surface area contributed by atoms with Gasteiger partial charge in [0, 0.05) is 10.4 Å². The largest absolute Gasteiger partial charge is 0.493 e. The minimum absolute atomic E-state index is 0.141. The molecule has 0 unspecified atom stereocenters. The van der Waals surface area contributed by atoms with E-state index < -0.39 is 5.97 Å². The van der Waals surface area contributed by atoms with Crippen LogP contribution in [-0.4, -0.2) is 17.7 Å². The molecule has 3 nitrogen and oxygen atoms in total. The third-order valence-corrected chi connectivity index (χ3v) is 3.80. The predicted octanol–water partition coefficient (Wildman–Crippen LogP) is 3.54. The molecule has 1 aromatic rings. The Morgan fingerprint density at radius 2 is 2.22 bits per heavy atom. The number of ether oxygens (including phenoxy) is 1. The highest BCUT2D eigenvalue weighted by Gasteiger charge is 2.45. The Hall–Kier alpha value is -1.22. The second-order valence-electron chi connectivity index (χ2n) is 4.97. The topological polar surface area (TPSA) is 46.5 Å². The lowest BCUT2D eigenvalue weighted by Crippen LogP contribution is -2.17. The van der Waals surface area contributed by atoms with Gasteiger partial charge in [-0.25, -0.2) is 0 Å². The SMILES string of the molecule is CCc1cc(OCC2(CC(=O)O)CC2)ccc1Cl. The van der Waals surface area contributed by atoms with Crippen LogP contribution in [0.15, 0.2) is 18.2 Å². The summed E-state index contributed by atoms with van der Waals surface area (Å²) in [6.07, 6.45) is 2.93. The van der Waals surface area contributed by atoms with Crippen LogP contribution >= 0.6 is 11.6 Å². The summed E-state index contributed by atoms with van der Waals surface area (Å²) < 4.78 is 5.71. The lowest BCUT2D eigenvalue weighted by Gasteiger charge is -2.14. The molecule has 0 atom stereocenters. The van der Waals surface area contributed by atoms with E-state index in [1.165, 1.54) is 0 Å². The van der Waals surface area contributed by atoms with Gasteiger partial charge < -0.3 is 9.84 Å². The van der Waals surface area contributed by atoms with E-state index in [0.717, 1.165) is 35.6 Å². The molecule has 0 radical (unpaired) electrons. The van der Waals surface area contributed by atoms with Crippen LogP contribution in [0.4, 0.5) is 0 Å². The molecule has 1 saturated carbocycles. The van der Waals surface area contributed by atoms with Crippen LogP contribution in [0.25, 0.3) is 0 Å². The van der Waals surface area contributed by atoms with E-state index in [0.29, 0.717) is 6.61 Å². The first kappa shape index (κ1) is 13.2. The fraction of sp³-hybridized carbons (Fsp3) is 0.500. The average Bonchev–Trinajstić information content (AvgIpc) is 3.07. The van der Waals surface area contributed by atoms with Crippen molar-refractivity contribution in [2.24, 2.45) is 5.41 Å². The van der Waals surface area contributed by atoms with Gasteiger partial charge in [0.15, 0.2) is 0 Å². The van der Waals surface area contributed by atoms with E-state index in [2.05, 4.69) is 0 Å². The number of carboxylic acids is 1. The minimum Gasteiger partial charge on any atom is -0.493 e. The summed E-state index contributed by atoms with van der Waals surface area (Å²) in [6.45, 7) is 2.52. The van der Waals surface area contributed by atoms with Crippen molar-refractivity contribution in [2.45, 2.75) is 32.6 Å². The van der Waals surface area contributed by atoms with Crippen LogP contribution in [0.2, 0.25) is 5.02 Å². The van der Waals surface area contributed by atoms with Crippen molar-refractivity contribution in [3.63, 3.8) is 0 Å². The number of benzene rings is 1. The normalized spacial score (nSPS) is 16.3. The van der Waals surface area contributed by atoms with Gasteiger partial charge in [0.25, 0.3) is 0 Å². The van der Waals surface area contributed by atoms with Crippen LogP contribution < -0.4 is 4.74 Å². The summed E-state index contributed by atoms with van der Waals surface area (Å²) in [7, 11) is 0. The van der Waals surface area contributed by atoms with Gasteiger partial charge in [-0.15, -0.1) is 0 Å². The number of hydrogen-bond donors (Lipinski definition) is 1. The fourth-order valence-electron chi connectivity index (χ4n) is 2.02. The molecule has 1 aliphatic rings. The molecule has 0 saturated heterocycles. The highest BCUT2D eigenvalue weighted by atomic mass is 35.5. The highest BCUT2D eigenvalue weighted by Crippen LogP contribution is 2.49. The summed E-state index contributed by atoms with van der Waals surface area (Å²) in [6, 6.07) is 5.59. The monoisotopic (exact) mass is 268 g/mol. The number of rotatable bonds is 6. The summed E-state index contributed by atoms with van der Waals surface area (Å²) in [5, 5.41) is 9.58. The molecule has 1 aromatic carbocycles. The molecule has 0 spiro atoms. The zero-order chi connectivity index (χ0) is 13.2. The Morgan fingerprint density at radius 3 is 2.78 bits per heavy atom. The van der Waals surface area contributed by atoms with Crippen LogP contribution in [0, 0.1) is 5.41 Å². The molecule has 2 rings (SSSR count). The first-order valence-electron chi connectivity index (χ1n) is 6.18. The number of carbonyl (C=O) groups is 1. The Bertz CT molecular complexity index is 452. The maximum atomic E-state index is 10.7. The van der Waals surface area contributed by atoms with Crippen molar-refractivity contribution in [3.8, 4) is 5.75 Å². The van der Waals surface area contributed by atoms with Gasteiger partial charge in [-0.2, -0.15) is 0 Å². The minimum atomic E-state index is -0.749. The molecular weight excluding hydrogens is 252 g/mol. The number of aliphatic carboxylic acids is 1. The van der Waals surface area contributed by atoms with E-state index in [1.54, 1.807) is 0 Å². The van der Waals surface area contributed by atoms with Gasteiger partial charge >= 0.3 is 5.97 Å². The molecule has 0 aromatic heterocycles. The van der Waals surface area contributed by atoms with Crippen molar-refractivity contribution in [2.75, 3.05) is 6.61 Å². The quantitative estimate of drug-likeness (QED) is 0.858. The summed E-state index contributed by atoms with van der Waals surface area (Å²) in [5.41, 5.74) is 0.912. The molecule has 0 aliphatic heterocycles. The third kappa shape index (κ3) is 3.16. The van der Waals surface area contributed by atoms with Gasteiger partial charge in [0.1, 0.15) is 5.75 Å². The van der Waals surface area contributed by atoms with Crippen molar-refractivity contribution >= 4 is 17.6 Å². The van der Waals surface area contributed by atoms with Crippen LogP contribution in [0.5, 0.6) is 5.75 Å².